The third kappa shape index (κ3) is 4.21. The summed E-state index contributed by atoms with van der Waals surface area (Å²) in [5.41, 5.74) is 0.943. The molecule has 5 heteroatoms. The van der Waals surface area contributed by atoms with Crippen molar-refractivity contribution in [1.29, 1.82) is 0 Å². The summed E-state index contributed by atoms with van der Waals surface area (Å²) in [6.45, 7) is 2.34. The molecule has 2 saturated carbocycles. The van der Waals surface area contributed by atoms with Crippen molar-refractivity contribution < 1.29 is 14.7 Å². The molecule has 1 aromatic rings. The summed E-state index contributed by atoms with van der Waals surface area (Å²) in [5.74, 6) is 0.894. The molecule has 4 atom stereocenters. The Hall–Kier alpha value is -1.88. The molecule has 4 unspecified atom stereocenters. The summed E-state index contributed by atoms with van der Waals surface area (Å²) in [5, 5.41) is 12.2. The first-order valence-electron chi connectivity index (χ1n) is 9.33. The number of carbonyl (C=O) groups excluding carboxylic acids is 2. The minimum absolute atomic E-state index is 0.0273. The molecule has 2 fully saturated rings. The average molecular weight is 344 g/mol. The van der Waals surface area contributed by atoms with Crippen LogP contribution in [0.5, 0.6) is 0 Å². The van der Waals surface area contributed by atoms with E-state index in [4.69, 9.17) is 0 Å². The Morgan fingerprint density at radius 3 is 2.60 bits per heavy atom. The third-order valence-corrected chi connectivity index (χ3v) is 5.86. The average Bonchev–Trinajstić information content (AvgIpc) is 3.25. The van der Waals surface area contributed by atoms with Crippen LogP contribution in [-0.4, -0.2) is 41.0 Å². The minimum Gasteiger partial charge on any atom is -0.395 e. The standard InChI is InChI=1S/C20H28N2O3/c1-14(18-12-16-7-8-17(18)11-16)21-19(24)20(25)22(9-10-23)13-15-5-3-2-4-6-15/h2-6,14,16-18,23H,7-13H2,1H3,(H,21,24). The zero-order valence-corrected chi connectivity index (χ0v) is 14.9. The maximum absolute atomic E-state index is 12.6. The number of carbonyl (C=O) groups is 2. The molecule has 2 bridgehead atoms. The van der Waals surface area contributed by atoms with Gasteiger partial charge in [-0.15, -0.1) is 0 Å². The number of benzene rings is 1. The fourth-order valence-corrected chi connectivity index (χ4v) is 4.60. The van der Waals surface area contributed by atoms with E-state index < -0.39 is 11.8 Å². The van der Waals surface area contributed by atoms with Gasteiger partial charge in [0.25, 0.3) is 0 Å². The summed E-state index contributed by atoms with van der Waals surface area (Å²) in [6, 6.07) is 9.55. The van der Waals surface area contributed by atoms with E-state index in [1.165, 1.54) is 30.6 Å². The number of amides is 2. The lowest BCUT2D eigenvalue weighted by Gasteiger charge is -2.29. The lowest BCUT2D eigenvalue weighted by molar-refractivity contribution is -0.147. The third-order valence-electron chi connectivity index (χ3n) is 5.86. The zero-order valence-electron chi connectivity index (χ0n) is 14.9. The topological polar surface area (TPSA) is 69.6 Å². The molecule has 0 heterocycles. The van der Waals surface area contributed by atoms with Gasteiger partial charge in [-0.05, 0) is 49.5 Å². The highest BCUT2D eigenvalue weighted by Gasteiger charge is 2.42. The molecule has 1 aromatic carbocycles. The second kappa shape index (κ2) is 8.00. The fraction of sp³-hybridized carbons (Fsp3) is 0.600. The van der Waals surface area contributed by atoms with Crippen molar-refractivity contribution in [3.8, 4) is 0 Å². The molecule has 0 aromatic heterocycles. The normalized spacial score (nSPS) is 25.6. The first kappa shape index (κ1) is 17.9. The highest BCUT2D eigenvalue weighted by Crippen LogP contribution is 2.49. The van der Waals surface area contributed by atoms with Gasteiger partial charge in [0.05, 0.1) is 6.61 Å². The van der Waals surface area contributed by atoms with Gasteiger partial charge in [-0.25, -0.2) is 0 Å². The van der Waals surface area contributed by atoms with E-state index in [-0.39, 0.29) is 19.2 Å². The van der Waals surface area contributed by atoms with Crippen LogP contribution in [-0.2, 0) is 16.1 Å². The van der Waals surface area contributed by atoms with E-state index >= 15 is 0 Å². The summed E-state index contributed by atoms with van der Waals surface area (Å²) >= 11 is 0. The Morgan fingerprint density at radius 2 is 2.00 bits per heavy atom. The van der Waals surface area contributed by atoms with Crippen molar-refractivity contribution in [2.45, 2.75) is 45.2 Å². The number of nitrogens with one attached hydrogen (secondary N) is 1. The largest absolute Gasteiger partial charge is 0.395 e. The molecule has 2 N–H and O–H groups in total. The van der Waals surface area contributed by atoms with Crippen LogP contribution in [0.25, 0.3) is 0 Å². The van der Waals surface area contributed by atoms with Crippen molar-refractivity contribution in [1.82, 2.24) is 10.2 Å². The molecule has 3 rings (SSSR count). The van der Waals surface area contributed by atoms with E-state index in [1.54, 1.807) is 0 Å². The van der Waals surface area contributed by atoms with Crippen LogP contribution in [0.3, 0.4) is 0 Å². The van der Waals surface area contributed by atoms with Crippen molar-refractivity contribution in [3.05, 3.63) is 35.9 Å². The summed E-state index contributed by atoms with van der Waals surface area (Å²) in [6.07, 6.45) is 5.03. The predicted molar refractivity (Wildman–Crippen MR) is 95.5 cm³/mol. The second-order valence-electron chi connectivity index (χ2n) is 7.54. The van der Waals surface area contributed by atoms with E-state index in [1.807, 2.05) is 37.3 Å². The Bertz CT molecular complexity index is 604. The molecule has 2 aliphatic rings. The van der Waals surface area contributed by atoms with Crippen LogP contribution in [0.1, 0.15) is 38.2 Å². The smallest absolute Gasteiger partial charge is 0.312 e. The van der Waals surface area contributed by atoms with Gasteiger partial charge in [-0.2, -0.15) is 0 Å². The molecular weight excluding hydrogens is 316 g/mol. The van der Waals surface area contributed by atoms with Crippen LogP contribution >= 0.6 is 0 Å². The first-order valence-corrected chi connectivity index (χ1v) is 9.33. The first-order chi connectivity index (χ1) is 12.1. The van der Waals surface area contributed by atoms with Crippen LogP contribution in [0.15, 0.2) is 30.3 Å². The quantitative estimate of drug-likeness (QED) is 0.775. The van der Waals surface area contributed by atoms with E-state index in [0.717, 1.165) is 11.5 Å². The molecule has 0 radical (unpaired) electrons. The number of hydrogen-bond acceptors (Lipinski definition) is 3. The molecule has 0 saturated heterocycles. The number of aliphatic hydroxyl groups excluding tert-OH is 1. The molecule has 5 nitrogen and oxygen atoms in total. The van der Waals surface area contributed by atoms with Crippen LogP contribution in [0.2, 0.25) is 0 Å². The van der Waals surface area contributed by atoms with Crippen LogP contribution < -0.4 is 5.32 Å². The Labute approximate surface area is 149 Å². The molecule has 2 aliphatic carbocycles. The van der Waals surface area contributed by atoms with Gasteiger partial charge in [-0.1, -0.05) is 36.8 Å². The molecule has 25 heavy (non-hydrogen) atoms. The van der Waals surface area contributed by atoms with Gasteiger partial charge in [-0.3, -0.25) is 9.59 Å². The van der Waals surface area contributed by atoms with Gasteiger partial charge >= 0.3 is 11.8 Å². The number of aliphatic hydroxyl groups is 1. The molecule has 0 spiro atoms. The van der Waals surface area contributed by atoms with E-state index in [0.29, 0.717) is 18.4 Å². The lowest BCUT2D eigenvalue weighted by atomic mass is 9.84. The number of rotatable bonds is 6. The molecule has 136 valence electrons. The van der Waals surface area contributed by atoms with Crippen molar-refractivity contribution in [2.75, 3.05) is 13.2 Å². The van der Waals surface area contributed by atoms with Crippen LogP contribution in [0, 0.1) is 17.8 Å². The van der Waals surface area contributed by atoms with Crippen molar-refractivity contribution in [3.63, 3.8) is 0 Å². The maximum atomic E-state index is 12.6. The SMILES string of the molecule is CC(NC(=O)C(=O)N(CCO)Cc1ccccc1)C1CC2CCC1C2. The number of nitrogens with zero attached hydrogens (tertiary/aromatic N) is 1. The van der Waals surface area contributed by atoms with Crippen molar-refractivity contribution in [2.24, 2.45) is 17.8 Å². The number of fused-ring (bicyclic) bond motifs is 2. The van der Waals surface area contributed by atoms with Gasteiger partial charge in [0.15, 0.2) is 0 Å². The Morgan fingerprint density at radius 1 is 1.24 bits per heavy atom. The maximum Gasteiger partial charge on any atom is 0.312 e. The highest BCUT2D eigenvalue weighted by atomic mass is 16.3. The van der Waals surface area contributed by atoms with Gasteiger partial charge < -0.3 is 15.3 Å². The monoisotopic (exact) mass is 344 g/mol. The van der Waals surface area contributed by atoms with Crippen LogP contribution in [0.4, 0.5) is 0 Å². The molecule has 0 aliphatic heterocycles. The predicted octanol–water partition coefficient (Wildman–Crippen LogP) is 1.95. The van der Waals surface area contributed by atoms with Crippen molar-refractivity contribution >= 4 is 11.8 Å². The fourth-order valence-electron chi connectivity index (χ4n) is 4.60. The zero-order chi connectivity index (χ0) is 17.8. The van der Waals surface area contributed by atoms with E-state index in [2.05, 4.69) is 5.32 Å². The molecular formula is C20H28N2O3. The summed E-state index contributed by atoms with van der Waals surface area (Å²) < 4.78 is 0. The highest BCUT2D eigenvalue weighted by molar-refractivity contribution is 6.35. The summed E-state index contributed by atoms with van der Waals surface area (Å²) in [4.78, 5) is 26.4. The molecule has 2 amide bonds. The lowest BCUT2D eigenvalue weighted by Crippen LogP contribution is -2.48. The Kier molecular flexibility index (Phi) is 5.74. The summed E-state index contributed by atoms with van der Waals surface area (Å²) in [7, 11) is 0. The van der Waals surface area contributed by atoms with Gasteiger partial charge in [0, 0.05) is 19.1 Å². The minimum atomic E-state index is -0.562. The van der Waals surface area contributed by atoms with Gasteiger partial charge in [0.2, 0.25) is 0 Å². The second-order valence-corrected chi connectivity index (χ2v) is 7.54. The van der Waals surface area contributed by atoms with E-state index in [9.17, 15) is 14.7 Å². The number of hydrogen-bond donors (Lipinski definition) is 2. The van der Waals surface area contributed by atoms with Gasteiger partial charge in [0.1, 0.15) is 0 Å². The Balaban J connectivity index is 1.58.